The van der Waals surface area contributed by atoms with E-state index in [1.807, 2.05) is 11.8 Å². The zero-order valence-electron chi connectivity index (χ0n) is 12.4. The lowest BCUT2D eigenvalue weighted by Gasteiger charge is -2.34. The largest absolute Gasteiger partial charge is 0.349 e. The highest BCUT2D eigenvalue weighted by molar-refractivity contribution is 5.61. The Morgan fingerprint density at radius 1 is 1.38 bits per heavy atom. The lowest BCUT2D eigenvalue weighted by Crippen LogP contribution is -2.47. The number of aryl methyl sites for hydroxylation is 2. The number of rotatable bonds is 5. The Bertz CT molecular complexity index is 554. The quantitative estimate of drug-likeness (QED) is 0.459. The number of nitrogens with zero attached hydrogens (tertiary/aromatic N) is 6. The van der Waals surface area contributed by atoms with E-state index in [0.29, 0.717) is 37.7 Å². The van der Waals surface area contributed by atoms with Gasteiger partial charge in [0.2, 0.25) is 5.82 Å². The summed E-state index contributed by atoms with van der Waals surface area (Å²) in [6.45, 7) is 7.61. The van der Waals surface area contributed by atoms with Crippen molar-refractivity contribution in [2.45, 2.75) is 26.8 Å². The van der Waals surface area contributed by atoms with Gasteiger partial charge in [-0.15, -0.1) is 0 Å². The second-order valence-electron chi connectivity index (χ2n) is 5.16. The summed E-state index contributed by atoms with van der Waals surface area (Å²) in [6, 6.07) is 2.14. The van der Waals surface area contributed by atoms with Crippen molar-refractivity contribution in [3.63, 3.8) is 0 Å². The van der Waals surface area contributed by atoms with Crippen molar-refractivity contribution in [1.29, 1.82) is 5.26 Å². The Morgan fingerprint density at radius 2 is 2.05 bits per heavy atom. The van der Waals surface area contributed by atoms with Crippen LogP contribution in [0.1, 0.15) is 19.0 Å². The minimum Gasteiger partial charge on any atom is -0.349 e. The van der Waals surface area contributed by atoms with E-state index in [1.165, 1.54) is 0 Å². The minimum atomic E-state index is -0.342. The van der Waals surface area contributed by atoms with E-state index in [1.54, 1.807) is 11.6 Å². The van der Waals surface area contributed by atoms with Gasteiger partial charge in [0.15, 0.2) is 0 Å². The van der Waals surface area contributed by atoms with Crippen LogP contribution >= 0.6 is 0 Å². The molecule has 1 fully saturated rings. The number of anilines is 1. The molecule has 1 aliphatic heterocycles. The molecule has 0 atom stereocenters. The van der Waals surface area contributed by atoms with Crippen molar-refractivity contribution in [3.8, 4) is 6.07 Å². The van der Waals surface area contributed by atoms with Gasteiger partial charge in [0.05, 0.1) is 17.5 Å². The van der Waals surface area contributed by atoms with Gasteiger partial charge in [-0.25, -0.2) is 4.68 Å². The Labute approximate surface area is 123 Å². The van der Waals surface area contributed by atoms with Crippen LogP contribution in [0.25, 0.3) is 0 Å². The monoisotopic (exact) mass is 292 g/mol. The average molecular weight is 292 g/mol. The highest BCUT2D eigenvalue weighted by atomic mass is 16.6. The summed E-state index contributed by atoms with van der Waals surface area (Å²) >= 11 is 0. The molecule has 1 aromatic rings. The second-order valence-corrected chi connectivity index (χ2v) is 5.16. The van der Waals surface area contributed by atoms with Crippen LogP contribution in [0.15, 0.2) is 0 Å². The second kappa shape index (κ2) is 6.54. The van der Waals surface area contributed by atoms with Crippen molar-refractivity contribution in [1.82, 2.24) is 14.7 Å². The van der Waals surface area contributed by atoms with E-state index in [0.717, 1.165) is 19.5 Å². The molecule has 0 saturated carbocycles. The van der Waals surface area contributed by atoms with Crippen LogP contribution in [0.4, 0.5) is 11.5 Å². The standard InChI is InChI=1S/C13H20N6O2/c1-3-5-18-13(12(19(20)21)11(2)15-18)17-9-7-16(6-4-14)8-10-17/h3,5-10H2,1-2H3. The van der Waals surface area contributed by atoms with Crippen LogP contribution in [0.2, 0.25) is 0 Å². The molecule has 2 heterocycles. The molecular formula is C13H20N6O2. The topological polar surface area (TPSA) is 91.2 Å². The van der Waals surface area contributed by atoms with E-state index in [9.17, 15) is 10.1 Å². The fraction of sp³-hybridized carbons (Fsp3) is 0.692. The van der Waals surface area contributed by atoms with Gasteiger partial charge in [0.1, 0.15) is 5.69 Å². The highest BCUT2D eigenvalue weighted by Gasteiger charge is 2.31. The molecule has 0 spiro atoms. The van der Waals surface area contributed by atoms with Crippen LogP contribution in [-0.2, 0) is 6.54 Å². The number of piperazine rings is 1. The third-order valence-electron chi connectivity index (χ3n) is 3.65. The van der Waals surface area contributed by atoms with Gasteiger partial charge < -0.3 is 4.90 Å². The van der Waals surface area contributed by atoms with Crippen LogP contribution in [-0.4, -0.2) is 52.3 Å². The summed E-state index contributed by atoms with van der Waals surface area (Å²) in [5.74, 6) is 0.607. The minimum absolute atomic E-state index is 0.109. The van der Waals surface area contributed by atoms with E-state index in [2.05, 4.69) is 16.1 Å². The number of hydrogen-bond acceptors (Lipinski definition) is 6. The maximum Gasteiger partial charge on any atom is 0.333 e. The Hall–Kier alpha value is -2.14. The molecular weight excluding hydrogens is 272 g/mol. The molecule has 1 aliphatic rings. The lowest BCUT2D eigenvalue weighted by molar-refractivity contribution is -0.384. The van der Waals surface area contributed by atoms with E-state index >= 15 is 0 Å². The molecule has 0 amide bonds. The molecule has 1 aromatic heterocycles. The first-order chi connectivity index (χ1) is 10.1. The first-order valence-corrected chi connectivity index (χ1v) is 7.14. The van der Waals surface area contributed by atoms with Gasteiger partial charge in [-0.3, -0.25) is 15.0 Å². The summed E-state index contributed by atoms with van der Waals surface area (Å²) in [5.41, 5.74) is 0.570. The maximum absolute atomic E-state index is 11.3. The lowest BCUT2D eigenvalue weighted by atomic mass is 10.3. The van der Waals surface area contributed by atoms with Gasteiger partial charge >= 0.3 is 5.69 Å². The van der Waals surface area contributed by atoms with E-state index in [-0.39, 0.29) is 10.6 Å². The Balaban J connectivity index is 2.26. The Kier molecular flexibility index (Phi) is 4.75. The molecule has 21 heavy (non-hydrogen) atoms. The number of aromatic nitrogens is 2. The number of nitriles is 1. The smallest absolute Gasteiger partial charge is 0.333 e. The zero-order chi connectivity index (χ0) is 15.4. The molecule has 0 bridgehead atoms. The molecule has 2 rings (SSSR count). The molecule has 114 valence electrons. The van der Waals surface area contributed by atoms with Crippen molar-refractivity contribution in [2.75, 3.05) is 37.6 Å². The molecule has 0 radical (unpaired) electrons. The predicted octanol–water partition coefficient (Wildman–Crippen LogP) is 1.16. The molecule has 8 heteroatoms. The summed E-state index contributed by atoms with van der Waals surface area (Å²) in [6.07, 6.45) is 0.875. The van der Waals surface area contributed by atoms with E-state index < -0.39 is 0 Å². The molecule has 0 aromatic carbocycles. The highest BCUT2D eigenvalue weighted by Crippen LogP contribution is 2.32. The van der Waals surface area contributed by atoms with Crippen LogP contribution in [0.5, 0.6) is 0 Å². The fourth-order valence-electron chi connectivity index (χ4n) is 2.67. The maximum atomic E-state index is 11.3. The van der Waals surface area contributed by atoms with Gasteiger partial charge in [-0.2, -0.15) is 10.4 Å². The summed E-state index contributed by atoms with van der Waals surface area (Å²) in [5, 5.41) is 24.4. The number of nitro groups is 1. The van der Waals surface area contributed by atoms with Gasteiger partial charge in [0.25, 0.3) is 0 Å². The van der Waals surface area contributed by atoms with Crippen molar-refractivity contribution in [2.24, 2.45) is 0 Å². The fourth-order valence-corrected chi connectivity index (χ4v) is 2.67. The SMILES string of the molecule is CCCn1nc(C)c([N+](=O)[O-])c1N1CCN(CC#N)CC1. The van der Waals surface area contributed by atoms with Crippen molar-refractivity contribution < 1.29 is 4.92 Å². The average Bonchev–Trinajstić information content (AvgIpc) is 2.77. The summed E-state index contributed by atoms with van der Waals surface area (Å²) in [7, 11) is 0. The van der Waals surface area contributed by atoms with E-state index in [4.69, 9.17) is 5.26 Å². The normalized spacial score (nSPS) is 16.0. The zero-order valence-corrected chi connectivity index (χ0v) is 12.4. The van der Waals surface area contributed by atoms with Crippen LogP contribution < -0.4 is 4.90 Å². The first-order valence-electron chi connectivity index (χ1n) is 7.14. The third-order valence-corrected chi connectivity index (χ3v) is 3.65. The molecule has 0 aliphatic carbocycles. The molecule has 0 unspecified atom stereocenters. The Morgan fingerprint density at radius 3 is 2.57 bits per heavy atom. The van der Waals surface area contributed by atoms with Crippen molar-refractivity contribution >= 4 is 11.5 Å². The first kappa shape index (κ1) is 15.3. The molecule has 8 nitrogen and oxygen atoms in total. The molecule has 0 N–H and O–H groups in total. The third kappa shape index (κ3) is 3.13. The summed E-state index contributed by atoms with van der Waals surface area (Å²) < 4.78 is 1.74. The van der Waals surface area contributed by atoms with Crippen LogP contribution in [0, 0.1) is 28.4 Å². The van der Waals surface area contributed by atoms with Crippen molar-refractivity contribution in [3.05, 3.63) is 15.8 Å². The van der Waals surface area contributed by atoms with Gasteiger partial charge in [-0.1, -0.05) is 6.92 Å². The van der Waals surface area contributed by atoms with Gasteiger partial charge in [0, 0.05) is 32.7 Å². The van der Waals surface area contributed by atoms with Gasteiger partial charge in [-0.05, 0) is 13.3 Å². The summed E-state index contributed by atoms with van der Waals surface area (Å²) in [4.78, 5) is 15.1. The van der Waals surface area contributed by atoms with Crippen LogP contribution in [0.3, 0.4) is 0 Å². The predicted molar refractivity (Wildman–Crippen MR) is 78.2 cm³/mol. The molecule has 1 saturated heterocycles. The number of hydrogen-bond donors (Lipinski definition) is 0.